The molecule has 4 nitrogen and oxygen atoms in total. The molecule has 0 aromatic heterocycles. The zero-order chi connectivity index (χ0) is 10.5. The molecule has 0 radical (unpaired) electrons. The van der Waals surface area contributed by atoms with Crippen molar-refractivity contribution in [3.8, 4) is 0 Å². The highest BCUT2D eigenvalue weighted by atomic mass is 32.2. The van der Waals surface area contributed by atoms with Crippen molar-refractivity contribution in [1.82, 2.24) is 4.72 Å². The predicted molar refractivity (Wildman–Crippen MR) is 55.0 cm³/mol. The van der Waals surface area contributed by atoms with Crippen LogP contribution in [0.1, 0.15) is 33.6 Å². The Kier molecular flexibility index (Phi) is 4.88. The lowest BCUT2D eigenvalue weighted by molar-refractivity contribution is 0.497. The zero-order valence-corrected chi connectivity index (χ0v) is 9.45. The molecule has 5 heteroatoms. The second-order valence-electron chi connectivity index (χ2n) is 3.98. The molecule has 0 heterocycles. The van der Waals surface area contributed by atoms with Gasteiger partial charge in [0.25, 0.3) is 0 Å². The monoisotopic (exact) mass is 208 g/mol. The Hall–Kier alpha value is -0.130. The van der Waals surface area contributed by atoms with Gasteiger partial charge < -0.3 is 5.73 Å². The van der Waals surface area contributed by atoms with Crippen LogP contribution in [0.4, 0.5) is 0 Å². The molecule has 0 saturated heterocycles. The summed E-state index contributed by atoms with van der Waals surface area (Å²) in [6.07, 6.45) is 1.58. The van der Waals surface area contributed by atoms with Gasteiger partial charge in [0.05, 0.1) is 5.75 Å². The first-order chi connectivity index (χ1) is 5.77. The summed E-state index contributed by atoms with van der Waals surface area (Å²) < 4.78 is 25.0. The molecule has 0 fully saturated rings. The number of hydrogen-bond acceptors (Lipinski definition) is 3. The molecule has 0 aliphatic heterocycles. The van der Waals surface area contributed by atoms with Crippen molar-refractivity contribution in [2.24, 2.45) is 5.73 Å². The van der Waals surface area contributed by atoms with E-state index in [2.05, 4.69) is 4.72 Å². The average Bonchev–Trinajstić information content (AvgIpc) is 1.97. The molecular formula is C8H20N2O2S. The van der Waals surface area contributed by atoms with Gasteiger partial charge in [-0.15, -0.1) is 0 Å². The van der Waals surface area contributed by atoms with Crippen molar-refractivity contribution >= 4 is 10.0 Å². The summed E-state index contributed by atoms with van der Waals surface area (Å²) in [6.45, 7) is 5.83. The van der Waals surface area contributed by atoms with Gasteiger partial charge in [0, 0.05) is 12.1 Å². The van der Waals surface area contributed by atoms with Gasteiger partial charge in [0.15, 0.2) is 0 Å². The van der Waals surface area contributed by atoms with Gasteiger partial charge >= 0.3 is 0 Å². The van der Waals surface area contributed by atoms with E-state index in [0.29, 0.717) is 13.0 Å². The number of hydrogen-bond donors (Lipinski definition) is 2. The van der Waals surface area contributed by atoms with Crippen molar-refractivity contribution in [2.75, 3.05) is 12.3 Å². The van der Waals surface area contributed by atoms with Crippen molar-refractivity contribution in [1.29, 1.82) is 0 Å². The first-order valence-electron chi connectivity index (χ1n) is 4.53. The van der Waals surface area contributed by atoms with Crippen LogP contribution in [0.25, 0.3) is 0 Å². The van der Waals surface area contributed by atoms with Gasteiger partial charge in [0.1, 0.15) is 0 Å². The highest BCUT2D eigenvalue weighted by molar-refractivity contribution is 7.89. The van der Waals surface area contributed by atoms with Crippen LogP contribution in [0.2, 0.25) is 0 Å². The van der Waals surface area contributed by atoms with Crippen molar-refractivity contribution in [2.45, 2.75) is 39.2 Å². The zero-order valence-electron chi connectivity index (χ0n) is 8.63. The molecule has 0 bridgehead atoms. The summed E-state index contributed by atoms with van der Waals surface area (Å²) in [6, 6.07) is 0. The average molecular weight is 208 g/mol. The lowest BCUT2D eigenvalue weighted by atomic mass is 10.1. The number of nitrogens with one attached hydrogen (secondary N) is 1. The van der Waals surface area contributed by atoms with E-state index in [-0.39, 0.29) is 5.75 Å². The molecule has 0 saturated carbocycles. The molecule has 80 valence electrons. The van der Waals surface area contributed by atoms with E-state index in [4.69, 9.17) is 5.73 Å². The first kappa shape index (κ1) is 12.9. The van der Waals surface area contributed by atoms with Crippen molar-refractivity contribution < 1.29 is 8.42 Å². The quantitative estimate of drug-likeness (QED) is 0.665. The topological polar surface area (TPSA) is 72.2 Å². The van der Waals surface area contributed by atoms with Gasteiger partial charge in [-0.3, -0.25) is 0 Å². The van der Waals surface area contributed by atoms with Crippen LogP contribution >= 0.6 is 0 Å². The molecule has 0 rings (SSSR count). The summed E-state index contributed by atoms with van der Waals surface area (Å²) in [4.78, 5) is 0. The Balaban J connectivity index is 3.91. The third-order valence-corrected chi connectivity index (χ3v) is 2.92. The third kappa shape index (κ3) is 8.21. The maximum absolute atomic E-state index is 11.3. The van der Waals surface area contributed by atoms with E-state index in [9.17, 15) is 8.42 Å². The Morgan fingerprint density at radius 1 is 1.38 bits per heavy atom. The summed E-state index contributed by atoms with van der Waals surface area (Å²) >= 11 is 0. The van der Waals surface area contributed by atoms with Gasteiger partial charge in [-0.1, -0.05) is 13.3 Å². The fourth-order valence-corrected chi connectivity index (χ4v) is 2.11. The highest BCUT2D eigenvalue weighted by Crippen LogP contribution is 1.97. The summed E-state index contributed by atoms with van der Waals surface area (Å²) in [5.74, 6) is 0.194. The number of rotatable bonds is 6. The van der Waals surface area contributed by atoms with Gasteiger partial charge in [-0.05, 0) is 20.3 Å². The smallest absolute Gasteiger partial charge is 0.211 e. The molecule has 13 heavy (non-hydrogen) atoms. The van der Waals surface area contributed by atoms with Crippen LogP contribution in [0.15, 0.2) is 0 Å². The van der Waals surface area contributed by atoms with Crippen LogP contribution in [0.3, 0.4) is 0 Å². The number of unbranched alkanes of at least 4 members (excludes halogenated alkanes) is 1. The van der Waals surface area contributed by atoms with E-state index in [1.165, 1.54) is 0 Å². The molecule has 0 amide bonds. The third-order valence-electron chi connectivity index (χ3n) is 1.51. The molecule has 0 aliphatic carbocycles. The first-order valence-corrected chi connectivity index (χ1v) is 6.18. The molecule has 0 aromatic carbocycles. The summed E-state index contributed by atoms with van der Waals surface area (Å²) in [5.41, 5.74) is 5.16. The van der Waals surface area contributed by atoms with Crippen LogP contribution in [0.5, 0.6) is 0 Å². The largest absolute Gasteiger partial charge is 0.324 e. The van der Waals surface area contributed by atoms with Gasteiger partial charge in [-0.25, -0.2) is 13.1 Å². The standard InChI is InChI=1S/C8H20N2O2S/c1-4-5-6-13(11,12)10-7-8(2,3)9/h10H,4-7,9H2,1-3H3. The van der Waals surface area contributed by atoms with Gasteiger partial charge in [-0.2, -0.15) is 0 Å². The normalized spacial score (nSPS) is 13.2. The van der Waals surface area contributed by atoms with E-state index in [1.54, 1.807) is 13.8 Å². The van der Waals surface area contributed by atoms with Crippen molar-refractivity contribution in [3.05, 3.63) is 0 Å². The predicted octanol–water partition coefficient (Wildman–Crippen LogP) is 0.443. The Labute approximate surface area is 80.9 Å². The SMILES string of the molecule is CCCCS(=O)(=O)NCC(C)(C)N. The second-order valence-corrected chi connectivity index (χ2v) is 5.91. The molecule has 0 spiro atoms. The second kappa shape index (κ2) is 4.93. The minimum absolute atomic E-state index is 0.194. The van der Waals surface area contributed by atoms with Crippen LogP contribution < -0.4 is 10.5 Å². The minimum atomic E-state index is -3.11. The lowest BCUT2D eigenvalue weighted by Gasteiger charge is -2.18. The van der Waals surface area contributed by atoms with E-state index >= 15 is 0 Å². The van der Waals surface area contributed by atoms with Gasteiger partial charge in [0.2, 0.25) is 10.0 Å². The molecule has 0 atom stereocenters. The van der Waals surface area contributed by atoms with E-state index in [0.717, 1.165) is 6.42 Å². The molecule has 3 N–H and O–H groups in total. The molecule has 0 aromatic rings. The van der Waals surface area contributed by atoms with Crippen LogP contribution in [-0.4, -0.2) is 26.3 Å². The highest BCUT2D eigenvalue weighted by Gasteiger charge is 2.15. The molecular weight excluding hydrogens is 188 g/mol. The van der Waals surface area contributed by atoms with Crippen LogP contribution in [0, 0.1) is 0 Å². The fraction of sp³-hybridized carbons (Fsp3) is 1.00. The van der Waals surface area contributed by atoms with E-state index < -0.39 is 15.6 Å². The maximum atomic E-state index is 11.3. The number of sulfonamides is 1. The summed E-state index contributed by atoms with van der Waals surface area (Å²) in [7, 11) is -3.11. The molecule has 0 aliphatic rings. The maximum Gasteiger partial charge on any atom is 0.211 e. The Bertz CT molecular complexity index is 229. The van der Waals surface area contributed by atoms with Crippen molar-refractivity contribution in [3.63, 3.8) is 0 Å². The van der Waals surface area contributed by atoms with Crippen LogP contribution in [-0.2, 0) is 10.0 Å². The number of nitrogens with two attached hydrogens (primary N) is 1. The summed E-state index contributed by atoms with van der Waals surface area (Å²) in [5, 5.41) is 0. The lowest BCUT2D eigenvalue weighted by Crippen LogP contribution is -2.45. The minimum Gasteiger partial charge on any atom is -0.324 e. The molecule has 0 unspecified atom stereocenters. The Morgan fingerprint density at radius 3 is 2.31 bits per heavy atom. The fourth-order valence-electron chi connectivity index (χ4n) is 0.702. The van der Waals surface area contributed by atoms with E-state index in [1.807, 2.05) is 6.92 Å². The Morgan fingerprint density at radius 2 is 1.92 bits per heavy atom.